The molecule has 3 nitrogen and oxygen atoms in total. The first-order valence-electron chi connectivity index (χ1n) is 16.4. The number of aliphatic hydroxyl groups excluding tert-OH is 1. The van der Waals surface area contributed by atoms with Gasteiger partial charge in [-0.05, 0) is 54.0 Å². The molecule has 5 rings (SSSR count). The summed E-state index contributed by atoms with van der Waals surface area (Å²) < 4.78 is 9.22. The predicted octanol–water partition coefficient (Wildman–Crippen LogP) is 12.0. The molecule has 5 aromatic rings. The van der Waals surface area contributed by atoms with E-state index in [-0.39, 0.29) is 43.1 Å². The first-order valence-corrected chi connectivity index (χ1v) is 16.8. The van der Waals surface area contributed by atoms with Gasteiger partial charge in [-0.1, -0.05) is 110 Å². The number of fused-ring (bicyclic) bond motifs is 4. The van der Waals surface area contributed by atoms with E-state index in [0.717, 1.165) is 35.0 Å². The van der Waals surface area contributed by atoms with Gasteiger partial charge in [0.05, 0.1) is 6.89 Å². The second kappa shape index (κ2) is 14.7. The molecule has 0 saturated heterocycles. The molecule has 241 valence electrons. The number of rotatable bonds is 8. The minimum Gasteiger partial charge on any atom is -0.512 e. The quantitative estimate of drug-likeness (QED) is 0.0966. The molecule has 0 saturated carbocycles. The molecule has 0 aliphatic heterocycles. The maximum absolute atomic E-state index is 12.3. The number of benzene rings is 3. The van der Waals surface area contributed by atoms with Crippen molar-refractivity contribution in [2.75, 3.05) is 0 Å². The number of thiophene rings is 1. The number of pyridine rings is 1. The van der Waals surface area contributed by atoms with E-state index in [9.17, 15) is 9.90 Å². The van der Waals surface area contributed by atoms with Crippen LogP contribution >= 0.6 is 11.3 Å². The van der Waals surface area contributed by atoms with Crippen LogP contribution in [0.15, 0.2) is 77.9 Å². The number of aromatic nitrogens is 1. The van der Waals surface area contributed by atoms with Gasteiger partial charge < -0.3 is 5.11 Å². The summed E-state index contributed by atoms with van der Waals surface area (Å²) in [6.45, 7) is 18.4. The topological polar surface area (TPSA) is 50.2 Å². The number of para-hydroxylation sites is 1. The van der Waals surface area contributed by atoms with Crippen molar-refractivity contribution in [1.82, 2.24) is 4.98 Å². The molecule has 0 fully saturated rings. The normalized spacial score (nSPS) is 13.1. The molecule has 5 heteroatoms. The molecule has 0 aliphatic rings. The van der Waals surface area contributed by atoms with Crippen molar-refractivity contribution in [2.24, 2.45) is 10.8 Å². The van der Waals surface area contributed by atoms with E-state index in [1.807, 2.05) is 41.5 Å². The van der Waals surface area contributed by atoms with E-state index in [2.05, 4.69) is 92.9 Å². The van der Waals surface area contributed by atoms with Crippen LogP contribution in [0, 0.1) is 16.9 Å². The van der Waals surface area contributed by atoms with Crippen LogP contribution in [0.3, 0.4) is 0 Å². The number of hydrogen-bond acceptors (Lipinski definition) is 4. The Morgan fingerprint density at radius 1 is 0.867 bits per heavy atom. The molecule has 45 heavy (non-hydrogen) atoms. The summed E-state index contributed by atoms with van der Waals surface area (Å²) in [5.41, 5.74) is 3.55. The van der Waals surface area contributed by atoms with E-state index >= 15 is 0 Å². The third-order valence-electron chi connectivity index (χ3n) is 9.62. The van der Waals surface area contributed by atoms with Crippen molar-refractivity contribution in [3.63, 3.8) is 0 Å². The zero-order valence-electron chi connectivity index (χ0n) is 29.2. The van der Waals surface area contributed by atoms with E-state index < -0.39 is 10.8 Å². The molecule has 0 amide bonds. The van der Waals surface area contributed by atoms with Crippen LogP contribution in [-0.2, 0) is 30.3 Å². The van der Waals surface area contributed by atoms with Crippen LogP contribution in [-0.4, -0.2) is 15.9 Å². The molecular formula is C40H48IrNO2S-. The molecule has 0 bridgehead atoms. The number of allylic oxidation sites excluding steroid dienone is 2. The molecule has 1 radical (unpaired) electrons. The number of hydrogen-bond donors (Lipinski definition) is 1. The molecule has 0 aliphatic carbocycles. The molecule has 3 aromatic carbocycles. The average Bonchev–Trinajstić information content (AvgIpc) is 3.56. The predicted molar refractivity (Wildman–Crippen MR) is 191 cm³/mol. The number of aliphatic hydroxyl groups is 1. The largest absolute Gasteiger partial charge is 0.512 e. The second-order valence-electron chi connectivity index (χ2n) is 13.4. The van der Waals surface area contributed by atoms with E-state index in [4.69, 9.17) is 6.35 Å². The minimum atomic E-state index is -0.534. The van der Waals surface area contributed by atoms with Crippen molar-refractivity contribution in [2.45, 2.75) is 93.4 Å². The zero-order chi connectivity index (χ0) is 33.2. The molecule has 0 atom stereocenters. The molecule has 2 aromatic heterocycles. The van der Waals surface area contributed by atoms with Gasteiger partial charge in [-0.15, -0.1) is 40.5 Å². The molecular weight excluding hydrogens is 751 g/mol. The summed E-state index contributed by atoms with van der Waals surface area (Å²) in [5.74, 6) is -0.288. The number of nitrogens with zero attached hydrogens (tertiary/aromatic N) is 1. The standard InChI is InChI=1S/C25H20NS.C15H28O2.Ir/c1-25(2,3)21-15-17(14-16-8-4-5-9-18(16)21)23-24-20(12-13-27-24)19-10-6-7-11-22(19)26-23;1-7-14(5,8-2)12(16)11-13(17)15(6,9-3)10-4;/h4-13,15H,1-3H3;11,16H,7-10H2,1-6H3;/q-1;;/b;12-11-;/i;11D;. The van der Waals surface area contributed by atoms with Crippen LogP contribution < -0.4 is 0 Å². The Balaban J connectivity index is 0.000000269. The van der Waals surface area contributed by atoms with Gasteiger partial charge in [0.2, 0.25) is 0 Å². The number of carbonyl (C=O) groups excluding carboxylic acids is 1. The Labute approximate surface area is 288 Å². The van der Waals surface area contributed by atoms with Crippen molar-refractivity contribution < 1.29 is 31.4 Å². The fourth-order valence-electron chi connectivity index (χ4n) is 5.40. The van der Waals surface area contributed by atoms with Gasteiger partial charge in [-0.2, -0.15) is 0 Å². The third-order valence-corrected chi connectivity index (χ3v) is 10.5. The summed E-state index contributed by atoms with van der Waals surface area (Å²) in [6.07, 6.45) is 2.82. The number of carbonyl (C=O) groups is 1. The Bertz CT molecular complexity index is 1860. The Morgan fingerprint density at radius 3 is 2.04 bits per heavy atom. The molecule has 2 heterocycles. The minimum absolute atomic E-state index is 0. The fraction of sp³-hybridized carbons (Fsp3) is 0.400. The van der Waals surface area contributed by atoms with Crippen LogP contribution in [0.2, 0.25) is 0 Å². The fourth-order valence-corrected chi connectivity index (χ4v) is 6.31. The van der Waals surface area contributed by atoms with E-state index in [0.29, 0.717) is 12.8 Å². The molecule has 0 spiro atoms. The summed E-state index contributed by atoms with van der Waals surface area (Å²) in [6, 6.07) is 24.9. The van der Waals surface area contributed by atoms with Crippen LogP contribution in [0.4, 0.5) is 0 Å². The average molecular weight is 800 g/mol. The molecule has 1 N–H and O–H groups in total. The van der Waals surface area contributed by atoms with Crippen LogP contribution in [0.25, 0.3) is 43.0 Å². The zero-order valence-corrected chi connectivity index (χ0v) is 31.4. The third kappa shape index (κ3) is 7.59. The first kappa shape index (κ1) is 35.0. The van der Waals surface area contributed by atoms with Gasteiger partial charge in [0.25, 0.3) is 0 Å². The van der Waals surface area contributed by atoms with Gasteiger partial charge in [0.1, 0.15) is 5.76 Å². The second-order valence-corrected chi connectivity index (χ2v) is 14.3. The van der Waals surface area contributed by atoms with Gasteiger partial charge in [0.15, 0.2) is 5.78 Å². The van der Waals surface area contributed by atoms with Crippen LogP contribution in [0.5, 0.6) is 0 Å². The smallest absolute Gasteiger partial charge is 0.164 e. The molecule has 0 unspecified atom stereocenters. The SMILES string of the molecule is CC(C)(C)c1cc(-c2nc3ccccc3c3ccsc23)[c-]c2ccccc12.[2H]/C(C(=O)C(C)(CC)CC)=C(/O)C(C)(CC)CC.[Ir]. The van der Waals surface area contributed by atoms with Crippen molar-refractivity contribution in [1.29, 1.82) is 0 Å². The van der Waals surface area contributed by atoms with E-state index in [1.54, 1.807) is 11.3 Å². The maximum Gasteiger partial charge on any atom is 0.164 e. The van der Waals surface area contributed by atoms with Crippen molar-refractivity contribution in [3.8, 4) is 11.3 Å². The van der Waals surface area contributed by atoms with Crippen LogP contribution in [0.1, 0.15) is 94.9 Å². The summed E-state index contributed by atoms with van der Waals surface area (Å²) >= 11 is 1.76. The van der Waals surface area contributed by atoms with Gasteiger partial charge >= 0.3 is 0 Å². The van der Waals surface area contributed by atoms with Crippen molar-refractivity contribution in [3.05, 3.63) is 89.5 Å². The van der Waals surface area contributed by atoms with Gasteiger partial charge in [0, 0.05) is 52.8 Å². The van der Waals surface area contributed by atoms with Gasteiger partial charge in [-0.25, -0.2) is 0 Å². The van der Waals surface area contributed by atoms with Gasteiger partial charge in [-0.3, -0.25) is 9.78 Å². The maximum atomic E-state index is 12.3. The summed E-state index contributed by atoms with van der Waals surface area (Å²) in [4.78, 5) is 17.4. The van der Waals surface area contributed by atoms with E-state index in [1.165, 1.54) is 26.4 Å². The first-order chi connectivity index (χ1) is 21.2. The number of ketones is 1. The summed E-state index contributed by atoms with van der Waals surface area (Å²) in [7, 11) is 0. The Morgan fingerprint density at radius 2 is 1.44 bits per heavy atom. The Kier molecular flexibility index (Phi) is 11.4. The summed E-state index contributed by atoms with van der Waals surface area (Å²) in [5, 5.41) is 17.3. The van der Waals surface area contributed by atoms with Crippen molar-refractivity contribution >= 4 is 48.9 Å². The monoisotopic (exact) mass is 800 g/mol. The Hall–Kier alpha value is -2.85.